The van der Waals surface area contributed by atoms with Gasteiger partial charge in [-0.05, 0) is 25.0 Å². The van der Waals surface area contributed by atoms with E-state index in [1.54, 1.807) is 0 Å². The second kappa shape index (κ2) is 6.20. The van der Waals surface area contributed by atoms with E-state index in [1.165, 1.54) is 6.07 Å². The number of halogens is 2. The van der Waals surface area contributed by atoms with Crippen LogP contribution in [0.3, 0.4) is 0 Å². The van der Waals surface area contributed by atoms with Crippen molar-refractivity contribution in [3.8, 4) is 0 Å². The molecule has 2 aliphatic rings. The van der Waals surface area contributed by atoms with E-state index >= 15 is 0 Å². The molecule has 1 aliphatic heterocycles. The van der Waals surface area contributed by atoms with E-state index in [9.17, 15) is 13.6 Å². The minimum atomic E-state index is -0.784. The van der Waals surface area contributed by atoms with Crippen molar-refractivity contribution < 1.29 is 18.3 Å². The van der Waals surface area contributed by atoms with Gasteiger partial charge in [-0.15, -0.1) is 0 Å². The Morgan fingerprint density at radius 2 is 2.10 bits per heavy atom. The third kappa shape index (κ3) is 3.14. The fraction of sp³-hybridized carbons (Fsp3) is 0.562. The first-order valence-electron chi connectivity index (χ1n) is 7.49. The van der Waals surface area contributed by atoms with Crippen molar-refractivity contribution in [1.82, 2.24) is 4.90 Å². The molecule has 0 spiro atoms. The molecule has 2 atom stereocenters. The first-order valence-corrected chi connectivity index (χ1v) is 7.49. The van der Waals surface area contributed by atoms with Crippen LogP contribution in [0.5, 0.6) is 0 Å². The predicted molar refractivity (Wildman–Crippen MR) is 74.3 cm³/mol. The standard InChI is InChI=1S/C16H19F2NO2/c17-11-5-6-12(13(18)9-11)15(20)10-19-7-8-21-16-4-2-1-3-14(16)19/h5-6,9,14,16H,1-4,7-8,10H2. The van der Waals surface area contributed by atoms with Crippen LogP contribution in [0.25, 0.3) is 0 Å². The number of carbonyl (C=O) groups is 1. The van der Waals surface area contributed by atoms with Crippen LogP contribution in [0.15, 0.2) is 18.2 Å². The van der Waals surface area contributed by atoms with Crippen LogP contribution in [0.4, 0.5) is 8.78 Å². The summed E-state index contributed by atoms with van der Waals surface area (Å²) in [6, 6.07) is 3.36. The molecule has 2 unspecified atom stereocenters. The summed E-state index contributed by atoms with van der Waals surface area (Å²) in [5, 5.41) is 0. The van der Waals surface area contributed by atoms with Gasteiger partial charge in [0.05, 0.1) is 24.8 Å². The van der Waals surface area contributed by atoms with Crippen LogP contribution < -0.4 is 0 Å². The molecule has 21 heavy (non-hydrogen) atoms. The third-order valence-electron chi connectivity index (χ3n) is 4.43. The second-order valence-electron chi connectivity index (χ2n) is 5.78. The minimum Gasteiger partial charge on any atom is -0.375 e. The number of fused-ring (bicyclic) bond motifs is 1. The highest BCUT2D eigenvalue weighted by atomic mass is 19.1. The number of nitrogens with zero attached hydrogens (tertiary/aromatic N) is 1. The van der Waals surface area contributed by atoms with Crippen LogP contribution in [0.1, 0.15) is 36.0 Å². The highest BCUT2D eigenvalue weighted by molar-refractivity contribution is 5.97. The maximum Gasteiger partial charge on any atom is 0.179 e. The first-order chi connectivity index (χ1) is 10.1. The van der Waals surface area contributed by atoms with Gasteiger partial charge >= 0.3 is 0 Å². The Morgan fingerprint density at radius 3 is 2.90 bits per heavy atom. The minimum absolute atomic E-state index is 0.0322. The number of Topliss-reactive ketones (excluding diaryl/α,β-unsaturated/α-hetero) is 1. The molecule has 1 aromatic carbocycles. The third-order valence-corrected chi connectivity index (χ3v) is 4.43. The molecular formula is C16H19F2NO2. The molecule has 1 saturated carbocycles. The number of ketones is 1. The van der Waals surface area contributed by atoms with Crippen molar-refractivity contribution in [3.05, 3.63) is 35.4 Å². The number of hydrogen-bond donors (Lipinski definition) is 0. The van der Waals surface area contributed by atoms with Crippen LogP contribution in [0, 0.1) is 11.6 Å². The van der Waals surface area contributed by atoms with E-state index in [0.717, 1.165) is 37.8 Å². The van der Waals surface area contributed by atoms with E-state index in [0.29, 0.717) is 13.2 Å². The van der Waals surface area contributed by atoms with Crippen molar-refractivity contribution in [3.63, 3.8) is 0 Å². The lowest BCUT2D eigenvalue weighted by Crippen LogP contribution is -2.54. The van der Waals surface area contributed by atoms with Crippen LogP contribution in [-0.2, 0) is 4.74 Å². The number of morpholine rings is 1. The molecule has 5 heteroatoms. The number of hydrogen-bond acceptors (Lipinski definition) is 3. The number of benzene rings is 1. The van der Waals surface area contributed by atoms with Gasteiger partial charge in [-0.1, -0.05) is 12.8 Å². The van der Waals surface area contributed by atoms with Gasteiger partial charge in [0.25, 0.3) is 0 Å². The Labute approximate surface area is 122 Å². The smallest absolute Gasteiger partial charge is 0.179 e. The summed E-state index contributed by atoms with van der Waals surface area (Å²) in [6.45, 7) is 1.48. The van der Waals surface area contributed by atoms with Crippen molar-refractivity contribution in [2.45, 2.75) is 37.8 Å². The molecule has 1 aliphatic carbocycles. The Bertz CT molecular complexity index is 533. The molecule has 1 aromatic rings. The van der Waals surface area contributed by atoms with Crippen molar-refractivity contribution in [1.29, 1.82) is 0 Å². The summed E-state index contributed by atoms with van der Waals surface area (Å²) in [5.74, 6) is -1.74. The molecular weight excluding hydrogens is 276 g/mol. The average molecular weight is 295 g/mol. The fourth-order valence-electron chi connectivity index (χ4n) is 3.36. The van der Waals surface area contributed by atoms with E-state index in [-0.39, 0.29) is 30.0 Å². The molecule has 0 N–H and O–H groups in total. The maximum atomic E-state index is 13.7. The first kappa shape index (κ1) is 14.6. The summed E-state index contributed by atoms with van der Waals surface area (Å²) in [4.78, 5) is 14.4. The molecule has 2 fully saturated rings. The topological polar surface area (TPSA) is 29.5 Å². The second-order valence-corrected chi connectivity index (χ2v) is 5.78. The van der Waals surface area contributed by atoms with Crippen molar-refractivity contribution in [2.75, 3.05) is 19.7 Å². The fourth-order valence-corrected chi connectivity index (χ4v) is 3.36. The number of rotatable bonds is 3. The monoisotopic (exact) mass is 295 g/mol. The molecule has 0 bridgehead atoms. The Balaban J connectivity index is 1.71. The molecule has 114 valence electrons. The summed E-state index contributed by atoms with van der Waals surface area (Å²) in [6.07, 6.45) is 4.54. The van der Waals surface area contributed by atoms with Crippen molar-refractivity contribution in [2.24, 2.45) is 0 Å². The molecule has 1 saturated heterocycles. The molecule has 0 amide bonds. The van der Waals surface area contributed by atoms with Gasteiger partial charge < -0.3 is 4.74 Å². The predicted octanol–water partition coefficient (Wildman–Crippen LogP) is 2.79. The zero-order chi connectivity index (χ0) is 14.8. The number of carbonyl (C=O) groups excluding carboxylic acids is 1. The van der Waals surface area contributed by atoms with Gasteiger partial charge in [-0.3, -0.25) is 9.69 Å². The van der Waals surface area contributed by atoms with Crippen molar-refractivity contribution >= 4 is 5.78 Å². The van der Waals surface area contributed by atoms with Gasteiger partial charge in [0, 0.05) is 18.7 Å². The van der Waals surface area contributed by atoms with Gasteiger partial charge in [0.1, 0.15) is 11.6 Å². The van der Waals surface area contributed by atoms with Gasteiger partial charge in [0.15, 0.2) is 5.78 Å². The lowest BCUT2D eigenvalue weighted by atomic mass is 9.90. The average Bonchev–Trinajstić information content (AvgIpc) is 2.47. The zero-order valence-electron chi connectivity index (χ0n) is 11.9. The highest BCUT2D eigenvalue weighted by Crippen LogP contribution is 2.28. The van der Waals surface area contributed by atoms with Crippen LogP contribution >= 0.6 is 0 Å². The van der Waals surface area contributed by atoms with Crippen LogP contribution in [0.2, 0.25) is 0 Å². The van der Waals surface area contributed by atoms with E-state index < -0.39 is 11.6 Å². The Morgan fingerprint density at radius 1 is 1.29 bits per heavy atom. The molecule has 1 heterocycles. The lowest BCUT2D eigenvalue weighted by molar-refractivity contribution is -0.0846. The van der Waals surface area contributed by atoms with Gasteiger partial charge in [-0.25, -0.2) is 8.78 Å². The molecule has 3 rings (SSSR count). The number of ether oxygens (including phenoxy) is 1. The quantitative estimate of drug-likeness (QED) is 0.803. The highest BCUT2D eigenvalue weighted by Gasteiger charge is 2.35. The summed E-state index contributed by atoms with van der Waals surface area (Å²) >= 11 is 0. The normalized spacial score (nSPS) is 26.4. The summed E-state index contributed by atoms with van der Waals surface area (Å²) in [5.41, 5.74) is -0.0322. The lowest BCUT2D eigenvalue weighted by Gasteiger charge is -2.43. The van der Waals surface area contributed by atoms with Gasteiger partial charge in [-0.2, -0.15) is 0 Å². The Kier molecular flexibility index (Phi) is 4.31. The van der Waals surface area contributed by atoms with E-state index in [2.05, 4.69) is 4.90 Å². The SMILES string of the molecule is O=C(CN1CCOC2CCCCC21)c1ccc(F)cc1F. The van der Waals surface area contributed by atoms with Gasteiger partial charge in [0.2, 0.25) is 0 Å². The van der Waals surface area contributed by atoms with Crippen LogP contribution in [-0.4, -0.2) is 42.5 Å². The van der Waals surface area contributed by atoms with E-state index in [4.69, 9.17) is 4.74 Å². The molecule has 3 nitrogen and oxygen atoms in total. The molecule has 0 radical (unpaired) electrons. The summed E-state index contributed by atoms with van der Waals surface area (Å²) < 4.78 is 32.4. The largest absolute Gasteiger partial charge is 0.375 e. The maximum absolute atomic E-state index is 13.7. The molecule has 0 aromatic heterocycles. The Hall–Kier alpha value is -1.33. The zero-order valence-corrected chi connectivity index (χ0v) is 11.9. The van der Waals surface area contributed by atoms with E-state index in [1.807, 2.05) is 0 Å². The summed E-state index contributed by atoms with van der Waals surface area (Å²) in [7, 11) is 0.